The molecular weight excluding hydrogens is 250 g/mol. The Morgan fingerprint density at radius 3 is 2.45 bits per heavy atom. The van der Waals surface area contributed by atoms with Gasteiger partial charge < -0.3 is 10.4 Å². The summed E-state index contributed by atoms with van der Waals surface area (Å²) in [7, 11) is 1.95. The number of benzene rings is 1. The lowest BCUT2D eigenvalue weighted by molar-refractivity contribution is 0.464. The van der Waals surface area contributed by atoms with Crippen molar-refractivity contribution < 1.29 is 5.11 Å². The van der Waals surface area contributed by atoms with Crippen LogP contribution in [0, 0.1) is 0 Å². The Balaban J connectivity index is 2.03. The maximum atomic E-state index is 9.74. The van der Waals surface area contributed by atoms with Gasteiger partial charge in [0.15, 0.2) is 0 Å². The fourth-order valence-corrected chi connectivity index (χ4v) is 2.29. The van der Waals surface area contributed by atoms with E-state index in [0.717, 1.165) is 17.8 Å². The Hall–Kier alpha value is -1.81. The molecule has 0 aliphatic rings. The highest BCUT2D eigenvalue weighted by atomic mass is 16.3. The molecule has 0 unspecified atom stereocenters. The summed E-state index contributed by atoms with van der Waals surface area (Å²) in [6.45, 7) is 7.89. The van der Waals surface area contributed by atoms with Crippen LogP contribution in [0.5, 0.6) is 5.75 Å². The van der Waals surface area contributed by atoms with E-state index in [2.05, 4.69) is 37.4 Å². The molecule has 20 heavy (non-hydrogen) atoms. The van der Waals surface area contributed by atoms with Gasteiger partial charge in [-0.15, -0.1) is 0 Å². The van der Waals surface area contributed by atoms with Gasteiger partial charge in [-0.25, -0.2) is 0 Å². The largest absolute Gasteiger partial charge is 0.508 e. The van der Waals surface area contributed by atoms with Gasteiger partial charge in [-0.05, 0) is 6.07 Å². The van der Waals surface area contributed by atoms with Gasteiger partial charge in [0.1, 0.15) is 5.75 Å². The van der Waals surface area contributed by atoms with E-state index in [-0.39, 0.29) is 5.41 Å². The highest BCUT2D eigenvalue weighted by molar-refractivity contribution is 5.31. The van der Waals surface area contributed by atoms with Crippen LogP contribution >= 0.6 is 0 Å². The first-order valence-corrected chi connectivity index (χ1v) is 6.88. The maximum absolute atomic E-state index is 9.74. The van der Waals surface area contributed by atoms with Gasteiger partial charge in [0, 0.05) is 42.9 Å². The third kappa shape index (κ3) is 3.39. The van der Waals surface area contributed by atoms with Crippen LogP contribution < -0.4 is 5.32 Å². The van der Waals surface area contributed by atoms with Gasteiger partial charge in [0.25, 0.3) is 0 Å². The summed E-state index contributed by atoms with van der Waals surface area (Å²) in [6.07, 6.45) is 2.05. The van der Waals surface area contributed by atoms with Crippen molar-refractivity contribution in [2.24, 2.45) is 7.05 Å². The third-order valence-electron chi connectivity index (χ3n) is 3.24. The minimum Gasteiger partial charge on any atom is -0.508 e. The number of phenolic OH excluding ortho intramolecular Hbond substituents is 1. The van der Waals surface area contributed by atoms with Crippen molar-refractivity contribution in [1.29, 1.82) is 0 Å². The quantitative estimate of drug-likeness (QED) is 0.900. The molecule has 108 valence electrons. The molecule has 1 aromatic carbocycles. The number of rotatable bonds is 4. The van der Waals surface area contributed by atoms with Crippen molar-refractivity contribution in [3.05, 3.63) is 47.3 Å². The van der Waals surface area contributed by atoms with Crippen LogP contribution in [0.2, 0.25) is 0 Å². The summed E-state index contributed by atoms with van der Waals surface area (Å²) in [5.41, 5.74) is 3.27. The van der Waals surface area contributed by atoms with E-state index in [4.69, 9.17) is 0 Å². The highest BCUT2D eigenvalue weighted by Crippen LogP contribution is 2.24. The monoisotopic (exact) mass is 273 g/mol. The van der Waals surface area contributed by atoms with Gasteiger partial charge in [-0.2, -0.15) is 5.10 Å². The lowest BCUT2D eigenvalue weighted by atomic mass is 9.89. The van der Waals surface area contributed by atoms with Gasteiger partial charge in [-0.1, -0.05) is 39.0 Å². The van der Waals surface area contributed by atoms with Crippen molar-refractivity contribution >= 4 is 0 Å². The van der Waals surface area contributed by atoms with Crippen LogP contribution in [0.25, 0.3) is 0 Å². The molecule has 0 bridgehead atoms. The molecule has 2 aromatic rings. The molecule has 0 aliphatic heterocycles. The SMILES string of the molecule is Cn1cc(CNCc2ccccc2O)c(C(C)(C)C)n1. The summed E-state index contributed by atoms with van der Waals surface area (Å²) in [5.74, 6) is 0.335. The molecule has 0 saturated heterocycles. The van der Waals surface area contributed by atoms with Crippen LogP contribution in [0.1, 0.15) is 37.6 Å². The van der Waals surface area contributed by atoms with E-state index in [9.17, 15) is 5.11 Å². The molecule has 4 nitrogen and oxygen atoms in total. The zero-order valence-corrected chi connectivity index (χ0v) is 12.6. The van der Waals surface area contributed by atoms with Crippen LogP contribution in [0.15, 0.2) is 30.5 Å². The first-order chi connectivity index (χ1) is 9.38. The number of aromatic hydroxyl groups is 1. The molecule has 1 aromatic heterocycles. The van der Waals surface area contributed by atoms with Crippen LogP contribution in [0.4, 0.5) is 0 Å². The lowest BCUT2D eigenvalue weighted by Gasteiger charge is -2.17. The number of nitrogens with one attached hydrogen (secondary N) is 1. The summed E-state index contributed by atoms with van der Waals surface area (Å²) in [4.78, 5) is 0. The van der Waals surface area contributed by atoms with Gasteiger partial charge in [-0.3, -0.25) is 4.68 Å². The molecule has 0 radical (unpaired) electrons. The maximum Gasteiger partial charge on any atom is 0.120 e. The molecular formula is C16H23N3O. The lowest BCUT2D eigenvalue weighted by Crippen LogP contribution is -2.19. The third-order valence-corrected chi connectivity index (χ3v) is 3.24. The number of para-hydroxylation sites is 1. The van der Waals surface area contributed by atoms with Crippen LogP contribution in [-0.2, 0) is 25.6 Å². The number of aromatic nitrogens is 2. The van der Waals surface area contributed by atoms with Gasteiger partial charge in [0.2, 0.25) is 0 Å². The predicted molar refractivity (Wildman–Crippen MR) is 80.6 cm³/mol. The Morgan fingerprint density at radius 2 is 1.80 bits per heavy atom. The molecule has 0 aliphatic carbocycles. The number of aryl methyl sites for hydroxylation is 1. The molecule has 4 heteroatoms. The van der Waals surface area contributed by atoms with E-state index in [0.29, 0.717) is 12.3 Å². The first kappa shape index (κ1) is 14.6. The molecule has 0 saturated carbocycles. The average Bonchev–Trinajstić information content (AvgIpc) is 2.73. The topological polar surface area (TPSA) is 50.1 Å². The van der Waals surface area contributed by atoms with E-state index >= 15 is 0 Å². The van der Waals surface area contributed by atoms with Crippen molar-refractivity contribution in [2.45, 2.75) is 39.3 Å². The highest BCUT2D eigenvalue weighted by Gasteiger charge is 2.21. The second-order valence-electron chi connectivity index (χ2n) is 6.16. The zero-order valence-electron chi connectivity index (χ0n) is 12.6. The Bertz CT molecular complexity index is 582. The minimum absolute atomic E-state index is 0.0349. The van der Waals surface area contributed by atoms with Crippen molar-refractivity contribution in [2.75, 3.05) is 0 Å². The Labute approximate surface area is 120 Å². The average molecular weight is 273 g/mol. The summed E-state index contributed by atoms with van der Waals surface area (Å²) >= 11 is 0. The van der Waals surface area contributed by atoms with Crippen molar-refractivity contribution in [1.82, 2.24) is 15.1 Å². The van der Waals surface area contributed by atoms with E-state index in [1.54, 1.807) is 6.07 Å². The zero-order chi connectivity index (χ0) is 14.8. The van der Waals surface area contributed by atoms with Crippen LogP contribution in [-0.4, -0.2) is 14.9 Å². The Morgan fingerprint density at radius 1 is 1.15 bits per heavy atom. The second kappa shape index (κ2) is 5.67. The van der Waals surface area contributed by atoms with Crippen LogP contribution in [0.3, 0.4) is 0 Å². The molecule has 1 heterocycles. The number of hydrogen-bond acceptors (Lipinski definition) is 3. The molecule has 0 fully saturated rings. The number of hydrogen-bond donors (Lipinski definition) is 2. The normalized spacial score (nSPS) is 11.8. The molecule has 2 N–H and O–H groups in total. The van der Waals surface area contributed by atoms with E-state index in [1.807, 2.05) is 29.9 Å². The minimum atomic E-state index is 0.0349. The number of nitrogens with zero attached hydrogens (tertiary/aromatic N) is 2. The fraction of sp³-hybridized carbons (Fsp3) is 0.438. The molecule has 0 atom stereocenters. The van der Waals surface area contributed by atoms with Gasteiger partial charge >= 0.3 is 0 Å². The summed E-state index contributed by atoms with van der Waals surface area (Å²) in [6, 6.07) is 7.40. The van der Waals surface area contributed by atoms with Crippen molar-refractivity contribution in [3.8, 4) is 5.75 Å². The van der Waals surface area contributed by atoms with E-state index in [1.165, 1.54) is 5.56 Å². The standard InChI is InChI=1S/C16H23N3O/c1-16(2,3)15-13(11-19(4)18-15)10-17-9-12-7-5-6-8-14(12)20/h5-8,11,17,20H,9-10H2,1-4H3. The summed E-state index contributed by atoms with van der Waals surface area (Å²) in [5, 5.41) is 17.7. The second-order valence-corrected chi connectivity index (χ2v) is 6.16. The summed E-state index contributed by atoms with van der Waals surface area (Å²) < 4.78 is 1.86. The predicted octanol–water partition coefficient (Wildman–Crippen LogP) is 2.71. The Kier molecular flexibility index (Phi) is 4.14. The fourth-order valence-electron chi connectivity index (χ4n) is 2.29. The smallest absolute Gasteiger partial charge is 0.120 e. The first-order valence-electron chi connectivity index (χ1n) is 6.88. The molecule has 2 rings (SSSR count). The van der Waals surface area contributed by atoms with Gasteiger partial charge in [0.05, 0.1) is 5.69 Å². The molecule has 0 amide bonds. The van der Waals surface area contributed by atoms with E-state index < -0.39 is 0 Å². The molecule has 0 spiro atoms. The van der Waals surface area contributed by atoms with Crippen molar-refractivity contribution in [3.63, 3.8) is 0 Å². The number of phenols is 1.